The number of nitrogens with one attached hydrogen (secondary N) is 1. The maximum atomic E-state index is 13.3. The van der Waals surface area contributed by atoms with E-state index in [1.165, 1.54) is 21.3 Å². The number of sulfonamides is 1. The topological polar surface area (TPSA) is 96.0 Å². The lowest BCUT2D eigenvalue weighted by Crippen LogP contribution is -2.47. The lowest BCUT2D eigenvalue weighted by atomic mass is 10.1. The summed E-state index contributed by atoms with van der Waals surface area (Å²) < 4.78 is 44.9. The van der Waals surface area contributed by atoms with Gasteiger partial charge < -0.3 is 15.0 Å². The predicted molar refractivity (Wildman–Crippen MR) is 139 cm³/mol. The normalized spacial score (nSPS) is 12.0. The highest BCUT2D eigenvalue weighted by Crippen LogP contribution is 2.22. The molecule has 198 valence electrons. The Kier molecular flexibility index (Phi) is 11.2. The molecule has 36 heavy (non-hydrogen) atoms. The van der Waals surface area contributed by atoms with Crippen LogP contribution < -0.4 is 14.4 Å². The van der Waals surface area contributed by atoms with Crippen molar-refractivity contribution in [3.63, 3.8) is 0 Å². The van der Waals surface area contributed by atoms with Gasteiger partial charge in [0.2, 0.25) is 21.8 Å². The van der Waals surface area contributed by atoms with E-state index < -0.39 is 16.1 Å². The van der Waals surface area contributed by atoms with Gasteiger partial charge in [0, 0.05) is 26.1 Å². The van der Waals surface area contributed by atoms with Crippen LogP contribution in [-0.4, -0.2) is 57.1 Å². The third-order valence-corrected chi connectivity index (χ3v) is 6.76. The largest absolute Gasteiger partial charge is 0.494 e. The van der Waals surface area contributed by atoms with Crippen LogP contribution in [0.5, 0.6) is 5.75 Å². The zero-order valence-corrected chi connectivity index (χ0v) is 22.2. The predicted octanol–water partition coefficient (Wildman–Crippen LogP) is 3.71. The minimum Gasteiger partial charge on any atom is -0.494 e. The van der Waals surface area contributed by atoms with Gasteiger partial charge in [0.25, 0.3) is 0 Å². The van der Waals surface area contributed by atoms with Crippen LogP contribution in [0, 0.1) is 5.82 Å². The molecule has 1 atom stereocenters. The maximum absolute atomic E-state index is 13.3. The highest BCUT2D eigenvalue weighted by molar-refractivity contribution is 7.92. The van der Waals surface area contributed by atoms with E-state index in [4.69, 9.17) is 4.74 Å². The number of halogens is 1. The van der Waals surface area contributed by atoms with Crippen LogP contribution in [0.1, 0.15) is 45.6 Å². The maximum Gasteiger partial charge on any atom is 0.242 e. The Morgan fingerprint density at radius 3 is 2.25 bits per heavy atom. The van der Waals surface area contributed by atoms with Crippen molar-refractivity contribution >= 4 is 27.5 Å². The smallest absolute Gasteiger partial charge is 0.242 e. The van der Waals surface area contributed by atoms with E-state index in [2.05, 4.69) is 5.32 Å². The van der Waals surface area contributed by atoms with E-state index in [0.29, 0.717) is 30.2 Å². The van der Waals surface area contributed by atoms with Crippen molar-refractivity contribution in [1.82, 2.24) is 10.2 Å². The molecule has 0 aliphatic heterocycles. The number of rotatable bonds is 14. The first kappa shape index (κ1) is 29.1. The van der Waals surface area contributed by atoms with Crippen LogP contribution in [0.25, 0.3) is 0 Å². The van der Waals surface area contributed by atoms with E-state index >= 15 is 0 Å². The monoisotopic (exact) mass is 521 g/mol. The second-order valence-corrected chi connectivity index (χ2v) is 10.4. The molecule has 0 unspecified atom stereocenters. The Morgan fingerprint density at radius 1 is 1.06 bits per heavy atom. The van der Waals surface area contributed by atoms with Crippen molar-refractivity contribution in [2.24, 2.45) is 0 Å². The minimum absolute atomic E-state index is 0.0373. The summed E-state index contributed by atoms with van der Waals surface area (Å²) >= 11 is 0. The van der Waals surface area contributed by atoms with Crippen molar-refractivity contribution in [2.45, 2.75) is 52.6 Å². The fraction of sp³-hybridized carbons (Fsp3) is 0.462. The average Bonchev–Trinajstić information content (AvgIpc) is 2.84. The van der Waals surface area contributed by atoms with Crippen molar-refractivity contribution in [2.75, 3.05) is 30.3 Å². The Hall–Kier alpha value is -3.14. The molecule has 1 N–H and O–H groups in total. The Balaban J connectivity index is 2.13. The van der Waals surface area contributed by atoms with Gasteiger partial charge in [-0.2, -0.15) is 0 Å². The van der Waals surface area contributed by atoms with Crippen molar-refractivity contribution < 1.29 is 27.1 Å². The van der Waals surface area contributed by atoms with Gasteiger partial charge in [-0.15, -0.1) is 0 Å². The fourth-order valence-electron chi connectivity index (χ4n) is 3.64. The summed E-state index contributed by atoms with van der Waals surface area (Å²) in [7, 11) is -3.59. The Bertz CT molecular complexity index is 1090. The van der Waals surface area contributed by atoms with E-state index in [0.717, 1.165) is 12.7 Å². The van der Waals surface area contributed by atoms with E-state index in [9.17, 15) is 22.4 Å². The number of carbonyl (C=O) groups is 2. The minimum atomic E-state index is -3.59. The molecular weight excluding hydrogens is 485 g/mol. The standard InChI is InChI=1S/C26H36FN3O5S/c1-5-17-28-26(32)20(3)29(19-21-9-11-22(27)12-10-21)25(31)8-7-18-30(36(4,33)34)23-13-15-24(16-14-23)35-6-2/h9-16,20H,5-8,17-19H2,1-4H3,(H,28,32)/t20-/m1/s1. The molecule has 0 heterocycles. The molecule has 0 saturated heterocycles. The average molecular weight is 522 g/mol. The number of hydrogen-bond acceptors (Lipinski definition) is 5. The molecular formula is C26H36FN3O5S. The molecule has 2 amide bonds. The molecule has 0 bridgehead atoms. The van der Waals surface area contributed by atoms with E-state index in [1.807, 2.05) is 13.8 Å². The molecule has 10 heteroatoms. The summed E-state index contributed by atoms with van der Waals surface area (Å²) in [6.45, 7) is 6.67. The van der Waals surface area contributed by atoms with Gasteiger partial charge in [-0.3, -0.25) is 13.9 Å². The first-order valence-electron chi connectivity index (χ1n) is 12.1. The summed E-state index contributed by atoms with van der Waals surface area (Å²) in [4.78, 5) is 27.3. The third kappa shape index (κ3) is 8.82. The van der Waals surface area contributed by atoms with Crippen molar-refractivity contribution in [3.8, 4) is 5.75 Å². The number of ether oxygens (including phenoxy) is 1. The molecule has 8 nitrogen and oxygen atoms in total. The SMILES string of the molecule is CCCNC(=O)[C@@H](C)N(Cc1ccc(F)cc1)C(=O)CCCN(c1ccc(OCC)cc1)S(C)(=O)=O. The zero-order valence-electron chi connectivity index (χ0n) is 21.4. The van der Waals surface area contributed by atoms with E-state index in [-0.39, 0.29) is 43.6 Å². The molecule has 0 aliphatic carbocycles. The van der Waals surface area contributed by atoms with Gasteiger partial charge in [0.15, 0.2) is 0 Å². The number of carbonyl (C=O) groups excluding carboxylic acids is 2. The first-order chi connectivity index (χ1) is 17.1. The van der Waals surface area contributed by atoms with Gasteiger partial charge in [0.1, 0.15) is 17.6 Å². The molecule has 0 radical (unpaired) electrons. The van der Waals surface area contributed by atoms with Crippen LogP contribution in [0.3, 0.4) is 0 Å². The van der Waals surface area contributed by atoms with Crippen molar-refractivity contribution in [3.05, 3.63) is 59.9 Å². The van der Waals surface area contributed by atoms with Crippen LogP contribution in [-0.2, 0) is 26.2 Å². The number of hydrogen-bond donors (Lipinski definition) is 1. The molecule has 2 rings (SSSR count). The molecule has 0 saturated carbocycles. The van der Waals surface area contributed by atoms with Crippen LogP contribution in [0.4, 0.5) is 10.1 Å². The second kappa shape index (κ2) is 13.8. The number of amides is 2. The van der Waals surface area contributed by atoms with Gasteiger partial charge in [-0.25, -0.2) is 12.8 Å². The zero-order chi connectivity index (χ0) is 26.7. The lowest BCUT2D eigenvalue weighted by Gasteiger charge is -2.29. The van der Waals surface area contributed by atoms with Gasteiger partial charge in [-0.05, 0) is 68.7 Å². The van der Waals surface area contributed by atoms with Gasteiger partial charge in [0.05, 0.1) is 18.6 Å². The summed E-state index contributed by atoms with van der Waals surface area (Å²) in [5, 5.41) is 2.80. The first-order valence-corrected chi connectivity index (χ1v) is 13.9. The summed E-state index contributed by atoms with van der Waals surface area (Å²) in [5.41, 5.74) is 1.16. The highest BCUT2D eigenvalue weighted by Gasteiger charge is 2.26. The van der Waals surface area contributed by atoms with Crippen LogP contribution >= 0.6 is 0 Å². The molecule has 0 aliphatic rings. The molecule has 0 spiro atoms. The quantitative estimate of drug-likeness (QED) is 0.409. The fourth-order valence-corrected chi connectivity index (χ4v) is 4.61. The Labute approximate surface area is 213 Å². The van der Waals surface area contributed by atoms with E-state index in [1.54, 1.807) is 43.3 Å². The van der Waals surface area contributed by atoms with Gasteiger partial charge >= 0.3 is 0 Å². The number of benzene rings is 2. The lowest BCUT2D eigenvalue weighted by molar-refractivity contribution is -0.140. The second-order valence-electron chi connectivity index (χ2n) is 8.48. The summed E-state index contributed by atoms with van der Waals surface area (Å²) in [6.07, 6.45) is 2.17. The third-order valence-electron chi connectivity index (χ3n) is 5.57. The van der Waals surface area contributed by atoms with Crippen LogP contribution in [0.2, 0.25) is 0 Å². The van der Waals surface area contributed by atoms with Gasteiger partial charge in [-0.1, -0.05) is 19.1 Å². The van der Waals surface area contributed by atoms with Crippen molar-refractivity contribution in [1.29, 1.82) is 0 Å². The molecule has 2 aromatic rings. The molecule has 0 fully saturated rings. The van der Waals surface area contributed by atoms with Crippen LogP contribution in [0.15, 0.2) is 48.5 Å². The summed E-state index contributed by atoms with van der Waals surface area (Å²) in [5.74, 6) is -0.324. The Morgan fingerprint density at radius 2 is 1.69 bits per heavy atom. The highest BCUT2D eigenvalue weighted by atomic mass is 32.2. The molecule has 2 aromatic carbocycles. The summed E-state index contributed by atoms with van der Waals surface area (Å²) in [6, 6.07) is 11.7. The number of nitrogens with zero attached hydrogens (tertiary/aromatic N) is 2. The molecule has 0 aromatic heterocycles. The number of anilines is 1.